The van der Waals surface area contributed by atoms with Gasteiger partial charge < -0.3 is 9.84 Å². The van der Waals surface area contributed by atoms with E-state index in [1.54, 1.807) is 17.8 Å². The molecule has 6 nitrogen and oxygen atoms in total. The molecule has 0 fully saturated rings. The number of carboxylic acids is 1. The Morgan fingerprint density at radius 2 is 1.78 bits per heavy atom. The Kier molecular flexibility index (Phi) is 8.61. The van der Waals surface area contributed by atoms with Crippen LogP contribution in [0.5, 0.6) is 0 Å². The lowest BCUT2D eigenvalue weighted by Gasteiger charge is -2.14. The zero-order valence-electron chi connectivity index (χ0n) is 18.4. The maximum atomic E-state index is 11.8. The van der Waals surface area contributed by atoms with E-state index in [9.17, 15) is 14.7 Å². The number of carbonyl (C=O) groups excluding carboxylic acids is 1. The van der Waals surface area contributed by atoms with Crippen molar-refractivity contribution in [2.45, 2.75) is 45.6 Å². The summed E-state index contributed by atoms with van der Waals surface area (Å²) in [5.74, 6) is -1.44. The number of carboxylic acid groups (broad SMARTS) is 1. The van der Waals surface area contributed by atoms with Crippen LogP contribution in [0, 0.1) is 5.92 Å². The van der Waals surface area contributed by atoms with Gasteiger partial charge in [-0.25, -0.2) is 0 Å². The lowest BCUT2D eigenvalue weighted by molar-refractivity contribution is -0.144. The predicted octanol–water partition coefficient (Wildman–Crippen LogP) is 4.77. The van der Waals surface area contributed by atoms with E-state index in [1.807, 2.05) is 48.7 Å². The van der Waals surface area contributed by atoms with Crippen molar-refractivity contribution in [1.82, 2.24) is 9.78 Å². The Balaban J connectivity index is 1.61. The lowest BCUT2D eigenvalue weighted by Crippen LogP contribution is -2.15. The van der Waals surface area contributed by atoms with E-state index in [4.69, 9.17) is 4.74 Å². The van der Waals surface area contributed by atoms with Crippen molar-refractivity contribution >= 4 is 11.9 Å². The van der Waals surface area contributed by atoms with Gasteiger partial charge in [0.2, 0.25) is 0 Å². The van der Waals surface area contributed by atoms with Crippen LogP contribution in [0.3, 0.4) is 0 Å². The fourth-order valence-electron chi connectivity index (χ4n) is 3.87. The molecule has 0 saturated carbocycles. The molecule has 0 aliphatic rings. The van der Waals surface area contributed by atoms with E-state index in [0.29, 0.717) is 25.9 Å². The Hall–Kier alpha value is -3.41. The monoisotopic (exact) mass is 434 g/mol. The van der Waals surface area contributed by atoms with Crippen molar-refractivity contribution < 1.29 is 19.4 Å². The fraction of sp³-hybridized carbons (Fsp3) is 0.346. The van der Waals surface area contributed by atoms with Crippen molar-refractivity contribution in [3.63, 3.8) is 0 Å². The number of ether oxygens (including phenoxy) is 1. The minimum absolute atomic E-state index is 0.0680. The summed E-state index contributed by atoms with van der Waals surface area (Å²) in [5.41, 5.74) is 4.23. The van der Waals surface area contributed by atoms with Gasteiger partial charge in [-0.05, 0) is 55.7 Å². The summed E-state index contributed by atoms with van der Waals surface area (Å²) in [6.07, 6.45) is 7.20. The highest BCUT2D eigenvalue weighted by atomic mass is 16.5. The number of benzene rings is 2. The quantitative estimate of drug-likeness (QED) is 0.415. The van der Waals surface area contributed by atoms with Crippen LogP contribution in [0.2, 0.25) is 0 Å². The molecule has 0 aliphatic carbocycles. The molecule has 0 aliphatic heterocycles. The first-order chi connectivity index (χ1) is 15.6. The molecule has 6 heteroatoms. The molecule has 0 amide bonds. The smallest absolute Gasteiger partial charge is 0.327 e. The highest BCUT2D eigenvalue weighted by Crippen LogP contribution is 2.26. The Morgan fingerprint density at radius 1 is 1.03 bits per heavy atom. The van der Waals surface area contributed by atoms with Crippen molar-refractivity contribution in [2.75, 3.05) is 6.61 Å². The van der Waals surface area contributed by atoms with E-state index in [1.165, 1.54) is 5.56 Å². The van der Waals surface area contributed by atoms with Crippen molar-refractivity contribution in [2.24, 2.45) is 5.92 Å². The van der Waals surface area contributed by atoms with Crippen LogP contribution in [0.1, 0.15) is 37.3 Å². The number of hydrogen-bond donors (Lipinski definition) is 1. The SMILES string of the molecule is CCOC(=O)Cn1cc(-c2ccccc2CCC(CCCc2ccccc2)C(=O)O)cn1. The third kappa shape index (κ3) is 6.80. The predicted molar refractivity (Wildman–Crippen MR) is 123 cm³/mol. The van der Waals surface area contributed by atoms with Gasteiger partial charge in [0.15, 0.2) is 0 Å². The highest BCUT2D eigenvalue weighted by molar-refractivity contribution is 5.71. The summed E-state index contributed by atoms with van der Waals surface area (Å²) < 4.78 is 6.54. The molecule has 0 radical (unpaired) electrons. The van der Waals surface area contributed by atoms with Gasteiger partial charge in [-0.15, -0.1) is 0 Å². The van der Waals surface area contributed by atoms with E-state index in [2.05, 4.69) is 17.2 Å². The van der Waals surface area contributed by atoms with Gasteiger partial charge in [0.25, 0.3) is 0 Å². The Labute approximate surface area is 188 Å². The van der Waals surface area contributed by atoms with Gasteiger partial charge in [-0.3, -0.25) is 14.3 Å². The van der Waals surface area contributed by atoms with Gasteiger partial charge >= 0.3 is 11.9 Å². The van der Waals surface area contributed by atoms with E-state index in [-0.39, 0.29) is 18.4 Å². The van der Waals surface area contributed by atoms with Crippen molar-refractivity contribution in [1.29, 1.82) is 0 Å². The lowest BCUT2D eigenvalue weighted by atomic mass is 9.91. The molecule has 0 saturated heterocycles. The first kappa shape index (κ1) is 23.3. The molecule has 168 valence electrons. The summed E-state index contributed by atoms with van der Waals surface area (Å²) in [6.45, 7) is 2.18. The van der Waals surface area contributed by atoms with Gasteiger partial charge in [0, 0.05) is 11.8 Å². The molecule has 3 rings (SSSR count). The van der Waals surface area contributed by atoms with E-state index >= 15 is 0 Å². The minimum atomic E-state index is -0.738. The summed E-state index contributed by atoms with van der Waals surface area (Å²) in [7, 11) is 0. The molecule has 1 aromatic heterocycles. The number of hydrogen-bond acceptors (Lipinski definition) is 4. The average Bonchev–Trinajstić information content (AvgIpc) is 3.25. The molecule has 0 spiro atoms. The molecular formula is C26H30N2O4. The number of aliphatic carboxylic acids is 1. The maximum Gasteiger partial charge on any atom is 0.327 e. The second-order valence-corrected chi connectivity index (χ2v) is 7.84. The van der Waals surface area contributed by atoms with Gasteiger partial charge in [0.1, 0.15) is 6.54 Å². The zero-order valence-corrected chi connectivity index (χ0v) is 18.4. The normalized spacial score (nSPS) is 11.8. The number of rotatable bonds is 12. The van der Waals surface area contributed by atoms with Crippen LogP contribution in [-0.4, -0.2) is 33.4 Å². The minimum Gasteiger partial charge on any atom is -0.481 e. The average molecular weight is 435 g/mol. The molecule has 0 bridgehead atoms. The number of carbonyl (C=O) groups is 2. The molecule has 1 atom stereocenters. The van der Waals surface area contributed by atoms with Gasteiger partial charge in [0.05, 0.1) is 18.7 Å². The third-order valence-corrected chi connectivity index (χ3v) is 5.53. The second kappa shape index (κ2) is 11.8. The molecule has 2 aromatic carbocycles. The first-order valence-electron chi connectivity index (χ1n) is 11.1. The molecule has 1 heterocycles. The number of esters is 1. The molecule has 3 aromatic rings. The van der Waals surface area contributed by atoms with Crippen LogP contribution >= 0.6 is 0 Å². The Bertz CT molecular complexity index is 1010. The summed E-state index contributed by atoms with van der Waals surface area (Å²) in [5, 5.41) is 14.0. The maximum absolute atomic E-state index is 11.8. The van der Waals surface area contributed by atoms with Crippen LogP contribution < -0.4 is 0 Å². The highest BCUT2D eigenvalue weighted by Gasteiger charge is 2.18. The van der Waals surface area contributed by atoms with Crippen LogP contribution in [-0.2, 0) is 33.7 Å². The van der Waals surface area contributed by atoms with Crippen molar-refractivity contribution in [3.05, 3.63) is 78.1 Å². The van der Waals surface area contributed by atoms with Crippen LogP contribution in [0.15, 0.2) is 67.0 Å². The molecular weight excluding hydrogens is 404 g/mol. The summed E-state index contributed by atoms with van der Waals surface area (Å²) >= 11 is 0. The first-order valence-corrected chi connectivity index (χ1v) is 11.1. The van der Waals surface area contributed by atoms with E-state index < -0.39 is 5.97 Å². The standard InChI is InChI=1S/C26H30N2O4/c1-2-32-25(29)19-28-18-23(17-27-28)24-14-7-6-12-21(24)15-16-22(26(30)31)13-8-11-20-9-4-3-5-10-20/h3-7,9-10,12,14,17-18,22H,2,8,11,13,15-16,19H2,1H3,(H,30,31). The van der Waals surface area contributed by atoms with E-state index in [0.717, 1.165) is 29.5 Å². The number of aryl methyl sites for hydroxylation is 2. The van der Waals surface area contributed by atoms with Gasteiger partial charge in [-0.2, -0.15) is 5.10 Å². The number of aromatic nitrogens is 2. The van der Waals surface area contributed by atoms with Gasteiger partial charge in [-0.1, -0.05) is 54.6 Å². The summed E-state index contributed by atoms with van der Waals surface area (Å²) in [4.78, 5) is 23.5. The summed E-state index contributed by atoms with van der Waals surface area (Å²) in [6, 6.07) is 18.1. The van der Waals surface area contributed by atoms with Crippen molar-refractivity contribution in [3.8, 4) is 11.1 Å². The Morgan fingerprint density at radius 3 is 2.53 bits per heavy atom. The zero-order chi connectivity index (χ0) is 22.8. The second-order valence-electron chi connectivity index (χ2n) is 7.84. The molecule has 32 heavy (non-hydrogen) atoms. The van der Waals surface area contributed by atoms with Crippen LogP contribution in [0.4, 0.5) is 0 Å². The molecule has 1 N–H and O–H groups in total. The third-order valence-electron chi connectivity index (χ3n) is 5.53. The molecule has 1 unspecified atom stereocenters. The number of nitrogens with zero attached hydrogens (tertiary/aromatic N) is 2. The topological polar surface area (TPSA) is 81.4 Å². The fourth-order valence-corrected chi connectivity index (χ4v) is 3.87. The van der Waals surface area contributed by atoms with Crippen LogP contribution in [0.25, 0.3) is 11.1 Å². The largest absolute Gasteiger partial charge is 0.481 e.